The molecule has 0 bridgehead atoms. The van der Waals surface area contributed by atoms with E-state index in [0.29, 0.717) is 5.92 Å². The van der Waals surface area contributed by atoms with E-state index < -0.39 is 0 Å². The molecule has 0 amide bonds. The van der Waals surface area contributed by atoms with Gasteiger partial charge in [-0.05, 0) is 44.7 Å². The molecule has 0 spiro atoms. The van der Waals surface area contributed by atoms with Gasteiger partial charge in [0.15, 0.2) is 5.82 Å². The lowest BCUT2D eigenvalue weighted by atomic mass is 9.95. The van der Waals surface area contributed by atoms with Crippen LogP contribution in [0.3, 0.4) is 0 Å². The van der Waals surface area contributed by atoms with Crippen LogP contribution in [-0.2, 0) is 6.42 Å². The molecule has 0 saturated carbocycles. The smallest absolute Gasteiger partial charge is 0.226 e. The zero-order valence-electron chi connectivity index (χ0n) is 10.9. The van der Waals surface area contributed by atoms with E-state index in [1.165, 1.54) is 19.4 Å². The van der Waals surface area contributed by atoms with Gasteiger partial charge in [-0.1, -0.05) is 19.0 Å². The highest BCUT2D eigenvalue weighted by atomic mass is 16.5. The number of piperidine rings is 1. The molecule has 1 aromatic heterocycles. The van der Waals surface area contributed by atoms with Gasteiger partial charge in [-0.3, -0.25) is 0 Å². The molecular weight excluding hydrogens is 214 g/mol. The van der Waals surface area contributed by atoms with Crippen LogP contribution < -0.4 is 5.32 Å². The van der Waals surface area contributed by atoms with E-state index >= 15 is 0 Å². The standard InChI is InChI=1S/C13H23N3O/c1-3-10(2)13-15-12(17-16-13)7-6-11-5-4-8-14-9-11/h10-11,14H,3-9H2,1-2H3. The lowest BCUT2D eigenvalue weighted by Gasteiger charge is -2.21. The van der Waals surface area contributed by atoms with Crippen molar-refractivity contribution in [2.45, 2.75) is 51.9 Å². The lowest BCUT2D eigenvalue weighted by molar-refractivity contribution is 0.325. The van der Waals surface area contributed by atoms with Gasteiger partial charge in [0.25, 0.3) is 0 Å². The number of hydrogen-bond acceptors (Lipinski definition) is 4. The minimum absolute atomic E-state index is 0.406. The number of nitrogens with one attached hydrogen (secondary N) is 1. The normalized spacial score (nSPS) is 22.6. The Bertz CT molecular complexity index is 331. The molecule has 2 unspecified atom stereocenters. The molecular formula is C13H23N3O. The van der Waals surface area contributed by atoms with Gasteiger partial charge in [-0.15, -0.1) is 0 Å². The summed E-state index contributed by atoms with van der Waals surface area (Å²) in [5, 5.41) is 7.49. The van der Waals surface area contributed by atoms with Crippen molar-refractivity contribution in [1.29, 1.82) is 0 Å². The highest BCUT2D eigenvalue weighted by Gasteiger charge is 2.16. The molecule has 96 valence electrons. The third-order valence-electron chi connectivity index (χ3n) is 3.70. The molecule has 1 aliphatic heterocycles. The predicted molar refractivity (Wildman–Crippen MR) is 66.9 cm³/mol. The maximum Gasteiger partial charge on any atom is 0.226 e. The Balaban J connectivity index is 1.80. The summed E-state index contributed by atoms with van der Waals surface area (Å²) < 4.78 is 5.30. The van der Waals surface area contributed by atoms with Crippen LogP contribution in [0, 0.1) is 5.92 Å². The molecule has 1 fully saturated rings. The maximum atomic E-state index is 5.30. The van der Waals surface area contributed by atoms with Crippen molar-refractivity contribution in [3.05, 3.63) is 11.7 Å². The highest BCUT2D eigenvalue weighted by Crippen LogP contribution is 2.18. The molecule has 1 aliphatic rings. The van der Waals surface area contributed by atoms with Crippen LogP contribution in [0.1, 0.15) is 57.2 Å². The van der Waals surface area contributed by atoms with Crippen LogP contribution >= 0.6 is 0 Å². The lowest BCUT2D eigenvalue weighted by Crippen LogP contribution is -2.29. The molecule has 0 radical (unpaired) electrons. The number of aromatic nitrogens is 2. The Hall–Kier alpha value is -0.900. The summed E-state index contributed by atoms with van der Waals surface area (Å²) >= 11 is 0. The van der Waals surface area contributed by atoms with E-state index in [1.807, 2.05) is 0 Å². The summed E-state index contributed by atoms with van der Waals surface area (Å²) in [6.45, 7) is 6.61. The zero-order valence-corrected chi connectivity index (χ0v) is 10.9. The van der Waals surface area contributed by atoms with Gasteiger partial charge in [0, 0.05) is 12.3 Å². The average Bonchev–Trinajstić information content (AvgIpc) is 2.85. The summed E-state index contributed by atoms with van der Waals surface area (Å²) in [6, 6.07) is 0. The van der Waals surface area contributed by atoms with Crippen molar-refractivity contribution in [2.24, 2.45) is 5.92 Å². The molecule has 1 aromatic rings. The molecule has 0 aromatic carbocycles. The fourth-order valence-corrected chi connectivity index (χ4v) is 2.25. The van der Waals surface area contributed by atoms with E-state index in [9.17, 15) is 0 Å². The second-order valence-electron chi connectivity index (χ2n) is 5.11. The quantitative estimate of drug-likeness (QED) is 0.855. The highest BCUT2D eigenvalue weighted by molar-refractivity contribution is 4.93. The summed E-state index contributed by atoms with van der Waals surface area (Å²) in [6.07, 6.45) is 5.78. The first kappa shape index (κ1) is 12.6. The minimum atomic E-state index is 0.406. The van der Waals surface area contributed by atoms with Crippen LogP contribution in [0.5, 0.6) is 0 Å². The number of aryl methyl sites for hydroxylation is 1. The van der Waals surface area contributed by atoms with E-state index in [-0.39, 0.29) is 0 Å². The van der Waals surface area contributed by atoms with Crippen LogP contribution in [0.25, 0.3) is 0 Å². The van der Waals surface area contributed by atoms with Gasteiger partial charge in [-0.25, -0.2) is 0 Å². The van der Waals surface area contributed by atoms with Crippen LogP contribution in [0.4, 0.5) is 0 Å². The molecule has 1 N–H and O–H groups in total. The van der Waals surface area contributed by atoms with Crippen molar-refractivity contribution >= 4 is 0 Å². The largest absolute Gasteiger partial charge is 0.339 e. The molecule has 1 saturated heterocycles. The van der Waals surface area contributed by atoms with Gasteiger partial charge < -0.3 is 9.84 Å². The molecule has 17 heavy (non-hydrogen) atoms. The minimum Gasteiger partial charge on any atom is -0.339 e. The summed E-state index contributed by atoms with van der Waals surface area (Å²) in [5.74, 6) is 2.86. The first-order valence-corrected chi connectivity index (χ1v) is 6.82. The monoisotopic (exact) mass is 237 g/mol. The van der Waals surface area contributed by atoms with Crippen LogP contribution in [-0.4, -0.2) is 23.2 Å². The van der Waals surface area contributed by atoms with Crippen molar-refractivity contribution in [1.82, 2.24) is 15.5 Å². The fraction of sp³-hybridized carbons (Fsp3) is 0.846. The Morgan fingerprint density at radius 2 is 2.41 bits per heavy atom. The number of rotatable bonds is 5. The number of nitrogens with zero attached hydrogens (tertiary/aromatic N) is 2. The summed E-state index contributed by atoms with van der Waals surface area (Å²) in [4.78, 5) is 4.47. The molecule has 4 heteroatoms. The SMILES string of the molecule is CCC(C)c1noc(CCC2CCCNC2)n1. The van der Waals surface area contributed by atoms with Crippen molar-refractivity contribution in [2.75, 3.05) is 13.1 Å². The molecule has 2 atom stereocenters. The van der Waals surface area contributed by atoms with E-state index in [4.69, 9.17) is 4.52 Å². The molecule has 2 heterocycles. The molecule has 2 rings (SSSR count). The zero-order chi connectivity index (χ0) is 12.1. The molecule has 4 nitrogen and oxygen atoms in total. The third-order valence-corrected chi connectivity index (χ3v) is 3.70. The van der Waals surface area contributed by atoms with Gasteiger partial charge in [0.2, 0.25) is 5.89 Å². The van der Waals surface area contributed by atoms with Gasteiger partial charge >= 0.3 is 0 Å². The summed E-state index contributed by atoms with van der Waals surface area (Å²) in [7, 11) is 0. The Morgan fingerprint density at radius 1 is 1.53 bits per heavy atom. The maximum absolute atomic E-state index is 5.30. The van der Waals surface area contributed by atoms with Gasteiger partial charge in [0.1, 0.15) is 0 Å². The topological polar surface area (TPSA) is 51.0 Å². The van der Waals surface area contributed by atoms with Gasteiger partial charge in [-0.2, -0.15) is 4.98 Å². The molecule has 0 aliphatic carbocycles. The number of hydrogen-bond donors (Lipinski definition) is 1. The van der Waals surface area contributed by atoms with E-state index in [0.717, 1.165) is 43.4 Å². The predicted octanol–water partition coefficient (Wildman–Crippen LogP) is 2.52. The van der Waals surface area contributed by atoms with E-state index in [1.54, 1.807) is 0 Å². The van der Waals surface area contributed by atoms with Crippen molar-refractivity contribution in [3.63, 3.8) is 0 Å². The first-order valence-electron chi connectivity index (χ1n) is 6.82. The van der Waals surface area contributed by atoms with Crippen LogP contribution in [0.15, 0.2) is 4.52 Å². The third kappa shape index (κ3) is 3.53. The second kappa shape index (κ2) is 6.15. The van der Waals surface area contributed by atoms with Gasteiger partial charge in [0.05, 0.1) is 0 Å². The van der Waals surface area contributed by atoms with E-state index in [2.05, 4.69) is 29.3 Å². The first-order chi connectivity index (χ1) is 8.29. The van der Waals surface area contributed by atoms with Crippen LogP contribution in [0.2, 0.25) is 0 Å². The van der Waals surface area contributed by atoms with Crippen molar-refractivity contribution in [3.8, 4) is 0 Å². The fourth-order valence-electron chi connectivity index (χ4n) is 2.25. The Kier molecular flexibility index (Phi) is 4.54. The summed E-state index contributed by atoms with van der Waals surface area (Å²) in [5.41, 5.74) is 0. The second-order valence-corrected chi connectivity index (χ2v) is 5.11. The van der Waals surface area contributed by atoms with Crippen molar-refractivity contribution < 1.29 is 4.52 Å². The Labute approximate surface area is 103 Å². The Morgan fingerprint density at radius 3 is 3.12 bits per heavy atom. The average molecular weight is 237 g/mol.